The van der Waals surface area contributed by atoms with E-state index in [1.54, 1.807) is 0 Å². The van der Waals surface area contributed by atoms with Gasteiger partial charge in [0.2, 0.25) is 0 Å². The van der Waals surface area contributed by atoms with E-state index in [4.69, 9.17) is 14.7 Å². The summed E-state index contributed by atoms with van der Waals surface area (Å²) in [6.45, 7) is -0.859. The molecule has 5 rings (SSSR count). The first-order valence-electron chi connectivity index (χ1n) is 10.5. The number of fused-ring (bicyclic) bond motifs is 2. The summed E-state index contributed by atoms with van der Waals surface area (Å²) < 4.78 is 37.6. The number of hydrogen-bond donors (Lipinski definition) is 5. The number of aliphatic hydroxyl groups excluding tert-OH is 2. The van der Waals surface area contributed by atoms with E-state index in [0.29, 0.717) is 11.2 Å². The van der Waals surface area contributed by atoms with Gasteiger partial charge >= 0.3 is 16.3 Å². The van der Waals surface area contributed by atoms with Gasteiger partial charge < -0.3 is 25.8 Å². The van der Waals surface area contributed by atoms with Crippen LogP contribution in [0, 0.1) is 0 Å². The molecule has 194 valence electrons. The van der Waals surface area contributed by atoms with Gasteiger partial charge in [-0.05, 0) is 18.2 Å². The lowest BCUT2D eigenvalue weighted by atomic mass is 10.1. The molecule has 1 fully saturated rings. The van der Waals surface area contributed by atoms with Crippen molar-refractivity contribution in [2.45, 2.75) is 24.5 Å². The standard InChI is InChI=1S/C20H18N6O10S/c21-9-4-5-22-16-13(9)23-7-25(16)19-15(29)14(28)11(36-19)6-35-37(33,34)24-20(32)26-17(30)8-2-1-3-10(27)12(8)18(26)31/h1-5,7,11,14-15,19,27-29H,6H2,(H2,21,22)(H,24,32)/t11-,14-,15-,19-/m1/s1. The molecule has 0 spiro atoms. The number of carbonyl (C=O) groups excluding carboxylic acids is 3. The van der Waals surface area contributed by atoms with Crippen LogP contribution < -0.4 is 10.5 Å². The Labute approximate surface area is 207 Å². The highest BCUT2D eigenvalue weighted by Crippen LogP contribution is 2.33. The minimum Gasteiger partial charge on any atom is -0.507 e. The van der Waals surface area contributed by atoms with Crippen molar-refractivity contribution in [2.75, 3.05) is 12.3 Å². The first kappa shape index (κ1) is 24.5. The topological polar surface area (TPSA) is 236 Å². The molecule has 0 unspecified atom stereocenters. The van der Waals surface area contributed by atoms with Crippen molar-refractivity contribution in [2.24, 2.45) is 0 Å². The number of amides is 4. The number of rotatable bonds is 5. The van der Waals surface area contributed by atoms with Crippen molar-refractivity contribution in [1.82, 2.24) is 24.2 Å². The van der Waals surface area contributed by atoms with Gasteiger partial charge in [-0.1, -0.05) is 6.07 Å². The number of imide groups is 3. The van der Waals surface area contributed by atoms with E-state index >= 15 is 0 Å². The molecule has 0 saturated carbocycles. The van der Waals surface area contributed by atoms with Crippen molar-refractivity contribution in [3.63, 3.8) is 0 Å². The number of nitrogen functional groups attached to an aromatic ring is 1. The van der Waals surface area contributed by atoms with Crippen molar-refractivity contribution in [3.8, 4) is 5.75 Å². The van der Waals surface area contributed by atoms with Crippen LogP contribution in [0.2, 0.25) is 0 Å². The lowest BCUT2D eigenvalue weighted by Gasteiger charge is -2.17. The monoisotopic (exact) mass is 534 g/mol. The summed E-state index contributed by atoms with van der Waals surface area (Å²) in [6, 6.07) is 3.44. The minimum absolute atomic E-state index is 0.00511. The van der Waals surface area contributed by atoms with Crippen LogP contribution in [0.3, 0.4) is 0 Å². The van der Waals surface area contributed by atoms with Gasteiger partial charge in [0.05, 0.1) is 29.7 Å². The Morgan fingerprint density at radius 2 is 1.92 bits per heavy atom. The fourth-order valence-electron chi connectivity index (χ4n) is 4.03. The van der Waals surface area contributed by atoms with E-state index in [1.807, 2.05) is 0 Å². The third-order valence-electron chi connectivity index (χ3n) is 5.80. The Morgan fingerprint density at radius 3 is 2.65 bits per heavy atom. The molecule has 0 aliphatic carbocycles. The molecule has 37 heavy (non-hydrogen) atoms. The fraction of sp³-hybridized carbons (Fsp3) is 0.250. The number of imidazole rings is 1. The average Bonchev–Trinajstić information content (AvgIpc) is 3.47. The zero-order chi connectivity index (χ0) is 26.6. The molecule has 3 aromatic rings. The number of aliphatic hydroxyl groups is 2. The maximum absolute atomic E-state index is 12.4. The maximum Gasteiger partial charge on any atom is 0.363 e. The highest BCUT2D eigenvalue weighted by molar-refractivity contribution is 7.85. The summed E-state index contributed by atoms with van der Waals surface area (Å²) in [5.41, 5.74) is 5.97. The van der Waals surface area contributed by atoms with Gasteiger partial charge in [0.1, 0.15) is 29.6 Å². The third kappa shape index (κ3) is 4.03. The van der Waals surface area contributed by atoms with Gasteiger partial charge in [0.25, 0.3) is 11.8 Å². The molecule has 1 saturated heterocycles. The van der Waals surface area contributed by atoms with Crippen LogP contribution >= 0.6 is 0 Å². The summed E-state index contributed by atoms with van der Waals surface area (Å²) in [5.74, 6) is -2.94. The van der Waals surface area contributed by atoms with Crippen molar-refractivity contribution in [1.29, 1.82) is 0 Å². The van der Waals surface area contributed by atoms with Gasteiger partial charge in [0.15, 0.2) is 11.9 Å². The fourth-order valence-corrected chi connectivity index (χ4v) is 4.70. The van der Waals surface area contributed by atoms with Gasteiger partial charge in [0, 0.05) is 6.20 Å². The predicted molar refractivity (Wildman–Crippen MR) is 120 cm³/mol. The Bertz CT molecular complexity index is 1560. The van der Waals surface area contributed by atoms with Crippen LogP contribution in [0.25, 0.3) is 11.2 Å². The SMILES string of the molecule is Nc1ccnc2c1ncn2[C@@H]1O[C@H](COS(=O)(=O)NC(=O)N2C(=O)c3cccc(O)c3C2=O)[C@@H](O)[C@H]1O. The number of benzene rings is 1. The summed E-state index contributed by atoms with van der Waals surface area (Å²) in [5, 5.41) is 30.6. The first-order chi connectivity index (χ1) is 17.5. The normalized spacial score (nSPS) is 23.6. The Hall–Kier alpha value is -4.16. The zero-order valence-electron chi connectivity index (χ0n) is 18.5. The summed E-state index contributed by atoms with van der Waals surface area (Å²) in [4.78, 5) is 45.4. The second-order valence-corrected chi connectivity index (χ2v) is 9.41. The quantitative estimate of drug-likeness (QED) is 0.237. The van der Waals surface area contributed by atoms with E-state index in [2.05, 4.69) is 9.97 Å². The molecule has 0 radical (unpaired) electrons. The molecular formula is C20H18N6O10S. The number of phenolic OH excluding ortho intramolecular Hbond substituents is 1. The molecule has 4 heterocycles. The van der Waals surface area contributed by atoms with Gasteiger partial charge in [-0.2, -0.15) is 13.3 Å². The number of aromatic hydroxyl groups is 1. The highest BCUT2D eigenvalue weighted by Gasteiger charge is 2.46. The predicted octanol–water partition coefficient (Wildman–Crippen LogP) is -1.39. The van der Waals surface area contributed by atoms with E-state index in [0.717, 1.165) is 6.07 Å². The maximum atomic E-state index is 12.4. The molecule has 2 aliphatic heterocycles. The summed E-state index contributed by atoms with van der Waals surface area (Å²) in [7, 11) is -4.93. The summed E-state index contributed by atoms with van der Waals surface area (Å²) >= 11 is 0. The molecule has 4 amide bonds. The molecule has 16 nitrogen and oxygen atoms in total. The number of phenols is 1. The van der Waals surface area contributed by atoms with Gasteiger partial charge in [-0.3, -0.25) is 18.3 Å². The van der Waals surface area contributed by atoms with E-state index in [-0.39, 0.29) is 16.1 Å². The van der Waals surface area contributed by atoms with E-state index in [9.17, 15) is 38.1 Å². The van der Waals surface area contributed by atoms with Gasteiger partial charge in [-0.25, -0.2) is 19.5 Å². The molecule has 6 N–H and O–H groups in total. The lowest BCUT2D eigenvalue weighted by molar-refractivity contribution is -0.0468. The highest BCUT2D eigenvalue weighted by atomic mass is 32.2. The minimum atomic E-state index is -4.93. The first-order valence-corrected chi connectivity index (χ1v) is 11.9. The number of carbonyl (C=O) groups is 3. The third-order valence-corrected chi connectivity index (χ3v) is 6.67. The van der Waals surface area contributed by atoms with Crippen molar-refractivity contribution >= 4 is 45.0 Å². The van der Waals surface area contributed by atoms with Crippen LogP contribution in [-0.2, 0) is 19.2 Å². The van der Waals surface area contributed by atoms with Crippen LogP contribution in [0.5, 0.6) is 5.75 Å². The second-order valence-electron chi connectivity index (χ2n) is 8.06. The summed E-state index contributed by atoms with van der Waals surface area (Å²) in [6.07, 6.45) is -3.10. The molecule has 1 aromatic carbocycles. The molecule has 2 aliphatic rings. The zero-order valence-corrected chi connectivity index (χ0v) is 19.3. The number of anilines is 1. The molecule has 4 atom stereocenters. The van der Waals surface area contributed by atoms with E-state index in [1.165, 1.54) is 40.0 Å². The second kappa shape index (κ2) is 8.75. The largest absolute Gasteiger partial charge is 0.507 e. The Balaban J connectivity index is 1.26. The van der Waals surface area contributed by atoms with Crippen LogP contribution in [0.15, 0.2) is 36.8 Å². The number of pyridine rings is 1. The number of nitrogens with two attached hydrogens (primary N) is 1. The Morgan fingerprint density at radius 1 is 1.16 bits per heavy atom. The molecule has 0 bridgehead atoms. The lowest BCUT2D eigenvalue weighted by Crippen LogP contribution is -2.46. The number of aromatic nitrogens is 3. The van der Waals surface area contributed by atoms with Gasteiger partial charge in [-0.15, -0.1) is 0 Å². The number of ether oxygens (including phenoxy) is 1. The van der Waals surface area contributed by atoms with Crippen LogP contribution in [0.4, 0.5) is 10.5 Å². The number of urea groups is 1. The molecule has 2 aromatic heterocycles. The van der Waals surface area contributed by atoms with Crippen LogP contribution in [0.1, 0.15) is 26.9 Å². The van der Waals surface area contributed by atoms with Crippen molar-refractivity contribution < 1.29 is 47.0 Å². The number of nitrogens with zero attached hydrogens (tertiary/aromatic N) is 4. The van der Waals surface area contributed by atoms with E-state index < -0.39 is 70.6 Å². The smallest absolute Gasteiger partial charge is 0.363 e. The number of hydrogen-bond acceptors (Lipinski definition) is 13. The van der Waals surface area contributed by atoms with Crippen LogP contribution in [-0.4, -0.2) is 85.9 Å². The van der Waals surface area contributed by atoms with Crippen molar-refractivity contribution in [3.05, 3.63) is 47.9 Å². The molecular weight excluding hydrogens is 516 g/mol. The average molecular weight is 534 g/mol. The number of nitrogens with one attached hydrogen (secondary N) is 1. The Kier molecular flexibility index (Phi) is 5.80. The molecule has 17 heteroatoms.